The molecule has 0 radical (unpaired) electrons. The Bertz CT molecular complexity index is 1190. The summed E-state index contributed by atoms with van der Waals surface area (Å²) < 4.78 is 17.4. The van der Waals surface area contributed by atoms with Crippen LogP contribution < -0.4 is 15.0 Å². The Hall–Kier alpha value is -2.23. The largest absolute Gasteiger partial charge is 0.493 e. The van der Waals surface area contributed by atoms with Gasteiger partial charge in [-0.1, -0.05) is 41.0 Å². The van der Waals surface area contributed by atoms with Gasteiger partial charge in [-0.2, -0.15) is 0 Å². The third-order valence-electron chi connectivity index (χ3n) is 4.45. The summed E-state index contributed by atoms with van der Waals surface area (Å²) in [5.41, 5.74) is 0.603. The van der Waals surface area contributed by atoms with Crippen molar-refractivity contribution in [2.45, 2.75) is 11.3 Å². The van der Waals surface area contributed by atoms with Gasteiger partial charge in [0.05, 0.1) is 60.2 Å². The van der Waals surface area contributed by atoms with Gasteiger partial charge in [-0.15, -0.1) is 6.58 Å². The van der Waals surface area contributed by atoms with Gasteiger partial charge < -0.3 is 19.3 Å². The first-order chi connectivity index (χ1) is 15.4. The van der Waals surface area contributed by atoms with Crippen molar-refractivity contribution in [1.82, 2.24) is 9.55 Å². The molecule has 1 atom stereocenters. The van der Waals surface area contributed by atoms with E-state index in [2.05, 4.69) is 11.6 Å². The zero-order valence-electron chi connectivity index (χ0n) is 17.5. The van der Waals surface area contributed by atoms with E-state index < -0.39 is 6.10 Å². The normalized spacial score (nSPS) is 12.0. The molecule has 0 aliphatic carbocycles. The van der Waals surface area contributed by atoms with Gasteiger partial charge >= 0.3 is 0 Å². The van der Waals surface area contributed by atoms with Crippen molar-refractivity contribution in [3.63, 3.8) is 0 Å². The zero-order chi connectivity index (χ0) is 23.3. The maximum Gasteiger partial charge on any atom is 0.266 e. The van der Waals surface area contributed by atoms with Gasteiger partial charge in [-0.25, -0.2) is 4.98 Å². The smallest absolute Gasteiger partial charge is 0.266 e. The van der Waals surface area contributed by atoms with Gasteiger partial charge in [0.15, 0.2) is 16.7 Å². The van der Waals surface area contributed by atoms with Gasteiger partial charge in [0, 0.05) is 11.8 Å². The van der Waals surface area contributed by atoms with Gasteiger partial charge in [-0.05, 0) is 24.3 Å². The predicted octanol–water partition coefficient (Wildman–Crippen LogP) is 4.37. The number of hydrogen-bond acceptors (Lipinski definition) is 7. The monoisotopic (exact) mass is 496 g/mol. The summed E-state index contributed by atoms with van der Waals surface area (Å²) >= 11 is 13.5. The molecule has 32 heavy (non-hydrogen) atoms. The van der Waals surface area contributed by atoms with E-state index in [4.69, 9.17) is 37.4 Å². The van der Waals surface area contributed by atoms with Crippen molar-refractivity contribution in [2.24, 2.45) is 0 Å². The standard InChI is InChI=1S/C22H22Cl2N2O5S/c1-4-7-31-11-14(27)12-32-22-25-18-10-20(30-3)19(29-2)9-15(18)21(28)26(22)13-5-6-16(23)17(24)8-13/h4-6,8-10,14,27H,1,7,11-12H2,2-3H3. The number of fused-ring (bicyclic) bond motifs is 1. The molecule has 1 unspecified atom stereocenters. The Morgan fingerprint density at radius 1 is 1.19 bits per heavy atom. The fraction of sp³-hybridized carbons (Fsp3) is 0.273. The van der Waals surface area contributed by atoms with Crippen LogP contribution in [0.3, 0.4) is 0 Å². The number of hydrogen-bond donors (Lipinski definition) is 1. The molecule has 170 valence electrons. The molecule has 0 spiro atoms. The maximum absolute atomic E-state index is 13.5. The topological polar surface area (TPSA) is 82.8 Å². The Morgan fingerprint density at radius 2 is 1.91 bits per heavy atom. The van der Waals surface area contributed by atoms with Crippen LogP contribution in [0.25, 0.3) is 16.6 Å². The van der Waals surface area contributed by atoms with Crippen LogP contribution in [-0.4, -0.2) is 53.9 Å². The molecular weight excluding hydrogens is 475 g/mol. The third kappa shape index (κ3) is 5.39. The quantitative estimate of drug-likeness (QED) is 0.193. The van der Waals surface area contributed by atoms with E-state index in [-0.39, 0.29) is 17.9 Å². The molecule has 7 nitrogen and oxygen atoms in total. The first-order valence-electron chi connectivity index (χ1n) is 9.53. The van der Waals surface area contributed by atoms with Crippen molar-refractivity contribution in [1.29, 1.82) is 0 Å². The number of rotatable bonds is 10. The molecule has 0 bridgehead atoms. The van der Waals surface area contributed by atoms with Crippen molar-refractivity contribution < 1.29 is 19.3 Å². The Labute approximate surface area is 199 Å². The highest BCUT2D eigenvalue weighted by atomic mass is 35.5. The fourth-order valence-electron chi connectivity index (χ4n) is 2.95. The molecule has 1 N–H and O–H groups in total. The number of methoxy groups -OCH3 is 2. The van der Waals surface area contributed by atoms with Crippen LogP contribution in [0.15, 0.2) is 52.9 Å². The van der Waals surface area contributed by atoms with Crippen LogP contribution in [0, 0.1) is 0 Å². The summed E-state index contributed by atoms with van der Waals surface area (Å²) in [6, 6.07) is 8.11. The van der Waals surface area contributed by atoms with E-state index in [0.29, 0.717) is 49.9 Å². The lowest BCUT2D eigenvalue weighted by Gasteiger charge is -2.16. The van der Waals surface area contributed by atoms with Gasteiger partial charge in [-0.3, -0.25) is 9.36 Å². The second-order valence-corrected chi connectivity index (χ2v) is 8.45. The van der Waals surface area contributed by atoms with E-state index in [9.17, 15) is 9.90 Å². The second kappa shape index (κ2) is 11.1. The highest BCUT2D eigenvalue weighted by Crippen LogP contribution is 2.32. The van der Waals surface area contributed by atoms with Crippen LogP contribution in [0.4, 0.5) is 0 Å². The van der Waals surface area contributed by atoms with Gasteiger partial charge in [0.2, 0.25) is 0 Å². The number of benzene rings is 2. The predicted molar refractivity (Wildman–Crippen MR) is 128 cm³/mol. The number of ether oxygens (including phenoxy) is 3. The number of nitrogens with zero attached hydrogens (tertiary/aromatic N) is 2. The van der Waals surface area contributed by atoms with Crippen LogP contribution in [0.5, 0.6) is 11.5 Å². The average molecular weight is 497 g/mol. The molecule has 0 aliphatic rings. The summed E-state index contributed by atoms with van der Waals surface area (Å²) in [5.74, 6) is 1.12. The molecule has 3 aromatic rings. The van der Waals surface area contributed by atoms with Crippen molar-refractivity contribution in [3.05, 3.63) is 63.4 Å². The first kappa shape index (κ1) is 24.4. The van der Waals surface area contributed by atoms with Crippen molar-refractivity contribution >= 4 is 45.9 Å². The Balaban J connectivity index is 2.12. The third-order valence-corrected chi connectivity index (χ3v) is 6.28. The van der Waals surface area contributed by atoms with Crippen LogP contribution in [0.1, 0.15) is 0 Å². The minimum Gasteiger partial charge on any atom is -0.493 e. The molecule has 10 heteroatoms. The number of aliphatic hydroxyl groups is 1. The lowest BCUT2D eigenvalue weighted by molar-refractivity contribution is 0.0625. The highest BCUT2D eigenvalue weighted by Gasteiger charge is 2.18. The minimum absolute atomic E-state index is 0.134. The molecule has 0 fully saturated rings. The van der Waals surface area contributed by atoms with Crippen molar-refractivity contribution in [2.75, 3.05) is 33.2 Å². The van der Waals surface area contributed by atoms with E-state index in [0.717, 1.165) is 0 Å². The summed E-state index contributed by atoms with van der Waals surface area (Å²) in [6.07, 6.45) is 0.842. The fourth-order valence-corrected chi connectivity index (χ4v) is 4.16. The van der Waals surface area contributed by atoms with Crippen LogP contribution >= 0.6 is 35.0 Å². The van der Waals surface area contributed by atoms with E-state index in [1.54, 1.807) is 36.4 Å². The first-order valence-corrected chi connectivity index (χ1v) is 11.3. The number of thioether (sulfide) groups is 1. The molecule has 0 saturated heterocycles. The summed E-state index contributed by atoms with van der Waals surface area (Å²) in [4.78, 5) is 18.2. The van der Waals surface area contributed by atoms with Crippen LogP contribution in [0.2, 0.25) is 10.0 Å². The molecule has 0 amide bonds. The molecule has 0 saturated carbocycles. The lowest BCUT2D eigenvalue weighted by atomic mass is 10.2. The van der Waals surface area contributed by atoms with Gasteiger partial charge in [0.25, 0.3) is 5.56 Å². The van der Waals surface area contributed by atoms with E-state index >= 15 is 0 Å². The molecular formula is C22H22Cl2N2O5S. The Kier molecular flexibility index (Phi) is 8.44. The SMILES string of the molecule is C=CCOCC(O)CSc1nc2cc(OC)c(OC)cc2c(=O)n1-c1ccc(Cl)c(Cl)c1. The maximum atomic E-state index is 13.5. The molecule has 0 aliphatic heterocycles. The summed E-state index contributed by atoms with van der Waals surface area (Å²) in [5, 5.41) is 11.6. The average Bonchev–Trinajstić information content (AvgIpc) is 2.79. The lowest BCUT2D eigenvalue weighted by Crippen LogP contribution is -2.23. The summed E-state index contributed by atoms with van der Waals surface area (Å²) in [7, 11) is 3.00. The van der Waals surface area contributed by atoms with Crippen LogP contribution in [-0.2, 0) is 4.74 Å². The molecule has 2 aromatic carbocycles. The number of halogens is 2. The highest BCUT2D eigenvalue weighted by molar-refractivity contribution is 7.99. The molecule has 1 heterocycles. The zero-order valence-corrected chi connectivity index (χ0v) is 19.8. The van der Waals surface area contributed by atoms with Crippen molar-refractivity contribution in [3.8, 4) is 17.2 Å². The van der Waals surface area contributed by atoms with Gasteiger partial charge in [0.1, 0.15) is 0 Å². The van der Waals surface area contributed by atoms with E-state index in [1.807, 2.05) is 0 Å². The number of aliphatic hydroxyl groups excluding tert-OH is 1. The summed E-state index contributed by atoms with van der Waals surface area (Å²) in [6.45, 7) is 4.05. The second-order valence-electron chi connectivity index (χ2n) is 6.65. The number of aromatic nitrogens is 2. The molecule has 1 aromatic heterocycles. The minimum atomic E-state index is -0.764. The van der Waals surface area contributed by atoms with E-state index in [1.165, 1.54) is 30.5 Å². The molecule has 3 rings (SSSR count). The Morgan fingerprint density at radius 3 is 2.56 bits per heavy atom.